The van der Waals surface area contributed by atoms with E-state index in [0.29, 0.717) is 30.1 Å². The summed E-state index contributed by atoms with van der Waals surface area (Å²) < 4.78 is 38.6. The van der Waals surface area contributed by atoms with Crippen molar-refractivity contribution in [3.8, 4) is 11.5 Å². The Balaban J connectivity index is 1.59. The number of hydrogen-bond acceptors (Lipinski definition) is 5. The summed E-state index contributed by atoms with van der Waals surface area (Å²) in [6, 6.07) is 11.1. The molecule has 1 aromatic heterocycles. The molecule has 0 N–H and O–H groups in total. The van der Waals surface area contributed by atoms with Gasteiger partial charge in [-0.3, -0.25) is 0 Å². The maximum absolute atomic E-state index is 12.7. The molecule has 7 heteroatoms. The third-order valence-corrected chi connectivity index (χ3v) is 7.94. The Hall–Kier alpha value is -1.57. The maximum Gasteiger partial charge on any atom is 0.252 e. The van der Waals surface area contributed by atoms with Gasteiger partial charge in [-0.15, -0.1) is 11.3 Å². The molecule has 0 radical (unpaired) electrons. The van der Waals surface area contributed by atoms with Crippen molar-refractivity contribution in [3.05, 3.63) is 41.3 Å². The molecule has 2 heterocycles. The molecule has 1 fully saturated rings. The van der Waals surface area contributed by atoms with Crippen molar-refractivity contribution < 1.29 is 17.9 Å². The number of benzene rings is 1. The lowest BCUT2D eigenvalue weighted by Crippen LogP contribution is -2.41. The van der Waals surface area contributed by atoms with Gasteiger partial charge in [-0.25, -0.2) is 8.42 Å². The van der Waals surface area contributed by atoms with Crippen LogP contribution in [-0.4, -0.2) is 39.0 Å². The Bertz CT molecular complexity index is 791. The van der Waals surface area contributed by atoms with Crippen molar-refractivity contribution in [2.45, 2.75) is 36.5 Å². The van der Waals surface area contributed by atoms with Crippen molar-refractivity contribution in [3.63, 3.8) is 0 Å². The molecule has 25 heavy (non-hydrogen) atoms. The number of ether oxygens (including phenoxy) is 2. The minimum atomic E-state index is -3.38. The van der Waals surface area contributed by atoms with Crippen LogP contribution in [0.25, 0.3) is 0 Å². The maximum atomic E-state index is 12.7. The summed E-state index contributed by atoms with van der Waals surface area (Å²) in [6.07, 6.45) is 2.28. The molecule has 0 saturated carbocycles. The minimum Gasteiger partial charge on any atom is -0.497 e. The fourth-order valence-corrected chi connectivity index (χ4v) is 5.77. The second-order valence-corrected chi connectivity index (χ2v) is 9.30. The first-order valence-corrected chi connectivity index (χ1v) is 10.7. The number of nitrogens with zero attached hydrogens (tertiary/aromatic N) is 1. The highest BCUT2D eigenvalue weighted by molar-refractivity contribution is 7.91. The molecule has 1 aromatic carbocycles. The quantitative estimate of drug-likeness (QED) is 0.768. The predicted molar refractivity (Wildman–Crippen MR) is 99.1 cm³/mol. The van der Waals surface area contributed by atoms with E-state index in [1.807, 2.05) is 37.3 Å². The molecule has 0 spiro atoms. The Kier molecular flexibility index (Phi) is 5.66. The van der Waals surface area contributed by atoms with Crippen LogP contribution >= 0.6 is 11.3 Å². The predicted octanol–water partition coefficient (Wildman–Crippen LogP) is 3.55. The van der Waals surface area contributed by atoms with Gasteiger partial charge in [-0.2, -0.15) is 4.31 Å². The van der Waals surface area contributed by atoms with Gasteiger partial charge in [0.25, 0.3) is 10.0 Å². The monoisotopic (exact) mass is 381 g/mol. The van der Waals surface area contributed by atoms with Crippen LogP contribution in [-0.2, 0) is 16.4 Å². The molecule has 136 valence electrons. The molecule has 0 amide bonds. The Labute approximate surface area is 153 Å². The summed E-state index contributed by atoms with van der Waals surface area (Å²) in [7, 11) is -1.75. The van der Waals surface area contributed by atoms with Gasteiger partial charge >= 0.3 is 0 Å². The van der Waals surface area contributed by atoms with Crippen molar-refractivity contribution in [2.24, 2.45) is 0 Å². The smallest absolute Gasteiger partial charge is 0.252 e. The molecule has 5 nitrogen and oxygen atoms in total. The fraction of sp³-hybridized carbons (Fsp3) is 0.444. The largest absolute Gasteiger partial charge is 0.497 e. The molecule has 0 aliphatic carbocycles. The number of rotatable bonds is 6. The van der Waals surface area contributed by atoms with E-state index < -0.39 is 10.0 Å². The first-order chi connectivity index (χ1) is 12.0. The summed E-state index contributed by atoms with van der Waals surface area (Å²) in [6.45, 7) is 3.01. The van der Waals surface area contributed by atoms with Crippen LogP contribution < -0.4 is 9.47 Å². The Morgan fingerprint density at radius 3 is 2.28 bits per heavy atom. The van der Waals surface area contributed by atoms with E-state index in [2.05, 4.69) is 0 Å². The molecule has 1 aliphatic rings. The van der Waals surface area contributed by atoms with Gasteiger partial charge in [0.2, 0.25) is 0 Å². The van der Waals surface area contributed by atoms with Gasteiger partial charge < -0.3 is 9.47 Å². The van der Waals surface area contributed by atoms with E-state index in [-0.39, 0.29) is 6.10 Å². The van der Waals surface area contributed by atoms with E-state index >= 15 is 0 Å². The standard InChI is InChI=1S/C18H23NO4S2/c1-3-17-8-9-18(24-17)25(20,21)19-12-10-16(11-13-19)23-15-6-4-14(22-2)5-7-15/h4-9,16H,3,10-13H2,1-2H3. The van der Waals surface area contributed by atoms with Crippen LogP contribution in [0, 0.1) is 0 Å². The van der Waals surface area contributed by atoms with E-state index in [1.165, 1.54) is 11.3 Å². The molecular formula is C18H23NO4S2. The lowest BCUT2D eigenvalue weighted by Gasteiger charge is -2.31. The number of methoxy groups -OCH3 is 1. The topological polar surface area (TPSA) is 55.8 Å². The second-order valence-electron chi connectivity index (χ2n) is 5.97. The highest BCUT2D eigenvalue weighted by Gasteiger charge is 2.31. The van der Waals surface area contributed by atoms with Gasteiger partial charge in [0.15, 0.2) is 0 Å². The number of thiophene rings is 1. The molecule has 1 aliphatic heterocycles. The highest BCUT2D eigenvalue weighted by atomic mass is 32.2. The normalized spacial score (nSPS) is 16.7. The summed E-state index contributed by atoms with van der Waals surface area (Å²) in [5, 5.41) is 0. The lowest BCUT2D eigenvalue weighted by atomic mass is 10.1. The zero-order valence-electron chi connectivity index (χ0n) is 14.5. The molecule has 1 saturated heterocycles. The lowest BCUT2D eigenvalue weighted by molar-refractivity contribution is 0.135. The van der Waals surface area contributed by atoms with Gasteiger partial charge in [-0.05, 0) is 55.7 Å². The second kappa shape index (κ2) is 7.76. The Morgan fingerprint density at radius 2 is 1.72 bits per heavy atom. The number of aryl methyl sites for hydroxylation is 1. The van der Waals surface area contributed by atoms with E-state index in [1.54, 1.807) is 17.5 Å². The van der Waals surface area contributed by atoms with Gasteiger partial charge in [-0.1, -0.05) is 6.92 Å². The minimum absolute atomic E-state index is 0.0365. The van der Waals surface area contributed by atoms with E-state index in [0.717, 1.165) is 22.8 Å². The van der Waals surface area contributed by atoms with Crippen molar-refractivity contribution in [1.82, 2.24) is 4.31 Å². The SMILES string of the molecule is CCc1ccc(S(=O)(=O)N2CCC(Oc3ccc(OC)cc3)CC2)s1. The third-order valence-electron chi connectivity index (χ3n) is 4.34. The summed E-state index contributed by atoms with van der Waals surface area (Å²) in [4.78, 5) is 1.09. The van der Waals surface area contributed by atoms with Crippen molar-refractivity contribution >= 4 is 21.4 Å². The van der Waals surface area contributed by atoms with Gasteiger partial charge in [0, 0.05) is 18.0 Å². The van der Waals surface area contributed by atoms with E-state index in [9.17, 15) is 8.42 Å². The van der Waals surface area contributed by atoms with E-state index in [4.69, 9.17) is 9.47 Å². The van der Waals surface area contributed by atoms with Gasteiger partial charge in [0.1, 0.15) is 21.8 Å². The molecule has 0 bridgehead atoms. The van der Waals surface area contributed by atoms with Crippen LogP contribution in [0.15, 0.2) is 40.6 Å². The summed E-state index contributed by atoms with van der Waals surface area (Å²) in [5.41, 5.74) is 0. The van der Waals surface area contributed by atoms with Crippen LogP contribution in [0.3, 0.4) is 0 Å². The summed E-state index contributed by atoms with van der Waals surface area (Å²) >= 11 is 1.37. The number of sulfonamides is 1. The van der Waals surface area contributed by atoms with Gasteiger partial charge in [0.05, 0.1) is 7.11 Å². The average molecular weight is 382 g/mol. The number of hydrogen-bond donors (Lipinski definition) is 0. The third kappa shape index (κ3) is 4.16. The Morgan fingerprint density at radius 1 is 1.08 bits per heavy atom. The average Bonchev–Trinajstić information content (AvgIpc) is 3.13. The van der Waals surface area contributed by atoms with Crippen LogP contribution in [0.2, 0.25) is 0 Å². The molecule has 3 rings (SSSR count). The van der Waals surface area contributed by atoms with Crippen LogP contribution in [0.4, 0.5) is 0 Å². The zero-order valence-corrected chi connectivity index (χ0v) is 16.1. The van der Waals surface area contributed by atoms with Crippen molar-refractivity contribution in [2.75, 3.05) is 20.2 Å². The highest BCUT2D eigenvalue weighted by Crippen LogP contribution is 2.28. The van der Waals surface area contributed by atoms with Crippen LogP contribution in [0.1, 0.15) is 24.6 Å². The van der Waals surface area contributed by atoms with Crippen molar-refractivity contribution in [1.29, 1.82) is 0 Å². The zero-order chi connectivity index (χ0) is 17.9. The summed E-state index contributed by atoms with van der Waals surface area (Å²) in [5.74, 6) is 1.57. The first kappa shape index (κ1) is 18.2. The molecule has 0 atom stereocenters. The van der Waals surface area contributed by atoms with Crippen LogP contribution in [0.5, 0.6) is 11.5 Å². The molecule has 0 unspecified atom stereocenters. The number of piperidine rings is 1. The first-order valence-electron chi connectivity index (χ1n) is 8.42. The molecular weight excluding hydrogens is 358 g/mol. The molecule has 2 aromatic rings. The fourth-order valence-electron chi connectivity index (χ4n) is 2.85.